The quantitative estimate of drug-likeness (QED) is 0.911. The molecule has 3 unspecified atom stereocenters. The van der Waals surface area contributed by atoms with Crippen molar-refractivity contribution < 1.29 is 13.2 Å². The summed E-state index contributed by atoms with van der Waals surface area (Å²) in [5.41, 5.74) is 1.94. The summed E-state index contributed by atoms with van der Waals surface area (Å²) < 4.78 is 25.4. The molecule has 1 aliphatic heterocycles. The maximum absolute atomic E-state index is 12.6. The van der Waals surface area contributed by atoms with Gasteiger partial charge >= 0.3 is 0 Å². The molecular weight excluding hydrogens is 300 g/mol. The molecule has 22 heavy (non-hydrogen) atoms. The van der Waals surface area contributed by atoms with Crippen LogP contribution in [0.15, 0.2) is 24.3 Å². The molecule has 1 aromatic carbocycles. The number of carbonyl (C=O) groups excluding carboxylic acids is 1. The van der Waals surface area contributed by atoms with Crippen molar-refractivity contribution in [1.29, 1.82) is 0 Å². The average Bonchev–Trinajstić information content (AvgIpc) is 3.04. The van der Waals surface area contributed by atoms with Gasteiger partial charge in [0.15, 0.2) is 0 Å². The first-order valence-electron chi connectivity index (χ1n) is 7.74. The summed E-state index contributed by atoms with van der Waals surface area (Å²) in [5.74, 6) is 0.298. The third kappa shape index (κ3) is 3.03. The molecule has 2 aliphatic rings. The monoisotopic (exact) mass is 322 g/mol. The molecule has 1 amide bonds. The van der Waals surface area contributed by atoms with Crippen molar-refractivity contribution in [2.45, 2.75) is 38.3 Å². The molecule has 120 valence electrons. The average molecular weight is 322 g/mol. The van der Waals surface area contributed by atoms with Gasteiger partial charge in [0.1, 0.15) is 0 Å². The molecule has 1 aliphatic carbocycles. The molecule has 2 fully saturated rings. The Morgan fingerprint density at radius 2 is 1.95 bits per heavy atom. The number of nitrogens with one attached hydrogen (secondary N) is 1. The lowest BCUT2D eigenvalue weighted by Gasteiger charge is -2.31. The number of sulfonamides is 1. The molecule has 3 atom stereocenters. The van der Waals surface area contributed by atoms with Crippen LogP contribution in [0, 0.1) is 5.92 Å². The van der Waals surface area contributed by atoms with Gasteiger partial charge < -0.3 is 4.90 Å². The third-order valence-electron chi connectivity index (χ3n) is 4.78. The number of hydrogen-bond donors (Lipinski definition) is 1. The van der Waals surface area contributed by atoms with Crippen molar-refractivity contribution in [3.63, 3.8) is 0 Å². The van der Waals surface area contributed by atoms with Crippen LogP contribution in [-0.2, 0) is 16.4 Å². The molecule has 1 saturated heterocycles. The first kappa shape index (κ1) is 15.5. The smallest absolute Gasteiger partial charge is 0.254 e. The van der Waals surface area contributed by atoms with Gasteiger partial charge in [0.25, 0.3) is 5.91 Å². The fourth-order valence-corrected chi connectivity index (χ4v) is 4.51. The lowest BCUT2D eigenvalue weighted by atomic mass is 10.0. The van der Waals surface area contributed by atoms with Crippen molar-refractivity contribution in [3.8, 4) is 0 Å². The highest BCUT2D eigenvalue weighted by molar-refractivity contribution is 7.88. The van der Waals surface area contributed by atoms with Gasteiger partial charge in [-0.15, -0.1) is 0 Å². The van der Waals surface area contributed by atoms with E-state index in [-0.39, 0.29) is 23.9 Å². The Kier molecular flexibility index (Phi) is 3.99. The van der Waals surface area contributed by atoms with E-state index < -0.39 is 10.0 Å². The summed E-state index contributed by atoms with van der Waals surface area (Å²) in [4.78, 5) is 14.5. The standard InChI is InChI=1S/C16H22N2O3S/c1-3-11-4-6-12(7-5-11)16(19)18-10-13-8-14(18)9-15(13)17-22(2,20)21/h4-7,13-15,17H,3,8-10H2,1-2H3. The molecule has 2 bridgehead atoms. The van der Waals surface area contributed by atoms with Crippen LogP contribution in [0.1, 0.15) is 35.7 Å². The Bertz CT molecular complexity index is 669. The fourth-order valence-electron chi connectivity index (χ4n) is 3.67. The lowest BCUT2D eigenvalue weighted by Crippen LogP contribution is -2.47. The van der Waals surface area contributed by atoms with Crippen molar-refractivity contribution in [2.24, 2.45) is 5.92 Å². The number of fused-ring (bicyclic) bond motifs is 2. The normalized spacial score (nSPS) is 27.4. The van der Waals surface area contributed by atoms with Crippen LogP contribution >= 0.6 is 0 Å². The van der Waals surface area contributed by atoms with Crippen LogP contribution in [-0.4, -0.2) is 44.1 Å². The summed E-state index contributed by atoms with van der Waals surface area (Å²) in [7, 11) is -3.18. The molecule has 1 aromatic rings. The first-order valence-corrected chi connectivity index (χ1v) is 9.63. The van der Waals surface area contributed by atoms with Crippen molar-refractivity contribution in [1.82, 2.24) is 9.62 Å². The maximum Gasteiger partial charge on any atom is 0.254 e. The minimum absolute atomic E-state index is 0.0217. The van der Waals surface area contributed by atoms with Crippen molar-refractivity contribution in [3.05, 3.63) is 35.4 Å². The number of hydrogen-bond acceptors (Lipinski definition) is 3. The van der Waals surface area contributed by atoms with Gasteiger partial charge in [-0.3, -0.25) is 4.79 Å². The number of nitrogens with zero attached hydrogens (tertiary/aromatic N) is 1. The third-order valence-corrected chi connectivity index (χ3v) is 5.51. The van der Waals surface area contributed by atoms with Gasteiger partial charge in [-0.25, -0.2) is 13.1 Å². The zero-order valence-electron chi connectivity index (χ0n) is 13.0. The van der Waals surface area contributed by atoms with E-state index in [1.807, 2.05) is 29.2 Å². The van der Waals surface area contributed by atoms with Crippen LogP contribution in [0.5, 0.6) is 0 Å². The fraction of sp³-hybridized carbons (Fsp3) is 0.562. The molecule has 5 nitrogen and oxygen atoms in total. The number of amides is 1. The van der Waals surface area contributed by atoms with Crippen molar-refractivity contribution in [2.75, 3.05) is 12.8 Å². The van der Waals surface area contributed by atoms with E-state index in [9.17, 15) is 13.2 Å². The zero-order chi connectivity index (χ0) is 15.9. The van der Waals surface area contributed by atoms with Crippen LogP contribution in [0.4, 0.5) is 0 Å². The summed E-state index contributed by atoms with van der Waals surface area (Å²) in [6, 6.07) is 7.90. The van der Waals surface area contributed by atoms with E-state index >= 15 is 0 Å². The highest BCUT2D eigenvalue weighted by Crippen LogP contribution is 2.38. The maximum atomic E-state index is 12.6. The minimum Gasteiger partial charge on any atom is -0.335 e. The molecule has 0 radical (unpaired) electrons. The second-order valence-corrected chi connectivity index (χ2v) is 8.17. The summed E-state index contributed by atoms with van der Waals surface area (Å²) in [6.07, 6.45) is 3.77. The molecule has 1 heterocycles. The number of piperidine rings is 1. The molecule has 0 aromatic heterocycles. The molecule has 3 rings (SSSR count). The van der Waals surface area contributed by atoms with Crippen LogP contribution in [0.2, 0.25) is 0 Å². The second kappa shape index (κ2) is 5.66. The number of rotatable bonds is 4. The molecule has 1 saturated carbocycles. The topological polar surface area (TPSA) is 66.5 Å². The lowest BCUT2D eigenvalue weighted by molar-refractivity contribution is 0.0691. The van der Waals surface area contributed by atoms with E-state index in [4.69, 9.17) is 0 Å². The van der Waals surface area contributed by atoms with Gasteiger partial charge in [0.05, 0.1) is 6.26 Å². The van der Waals surface area contributed by atoms with Crippen LogP contribution in [0.3, 0.4) is 0 Å². The number of likely N-dealkylation sites (tertiary alicyclic amines) is 1. The number of benzene rings is 1. The molecule has 6 heteroatoms. The highest BCUT2D eigenvalue weighted by Gasteiger charge is 2.47. The Hall–Kier alpha value is -1.40. The first-order chi connectivity index (χ1) is 10.4. The van der Waals surface area contributed by atoms with Gasteiger partial charge in [0.2, 0.25) is 10.0 Å². The van der Waals surface area contributed by atoms with Gasteiger partial charge in [0, 0.05) is 24.2 Å². The van der Waals surface area contributed by atoms with Gasteiger partial charge in [-0.1, -0.05) is 19.1 Å². The van der Waals surface area contributed by atoms with E-state index in [0.29, 0.717) is 6.54 Å². The largest absolute Gasteiger partial charge is 0.335 e. The predicted octanol–water partition coefficient (Wildman–Crippen LogP) is 1.40. The number of carbonyl (C=O) groups is 1. The summed E-state index contributed by atoms with van der Waals surface area (Å²) in [6.45, 7) is 2.73. The van der Waals surface area contributed by atoms with E-state index in [0.717, 1.165) is 24.8 Å². The van der Waals surface area contributed by atoms with E-state index in [2.05, 4.69) is 11.6 Å². The Labute approximate surface area is 131 Å². The second-order valence-electron chi connectivity index (χ2n) is 6.39. The van der Waals surface area contributed by atoms with Gasteiger partial charge in [-0.05, 0) is 42.9 Å². The molecular formula is C16H22N2O3S. The molecule has 0 spiro atoms. The van der Waals surface area contributed by atoms with Crippen LogP contribution in [0.25, 0.3) is 0 Å². The van der Waals surface area contributed by atoms with Crippen molar-refractivity contribution >= 4 is 15.9 Å². The van der Waals surface area contributed by atoms with Gasteiger partial charge in [-0.2, -0.15) is 0 Å². The molecule has 1 N–H and O–H groups in total. The Morgan fingerprint density at radius 1 is 1.27 bits per heavy atom. The Balaban J connectivity index is 1.67. The SMILES string of the molecule is CCc1ccc(C(=O)N2CC3CC2CC3NS(C)(=O)=O)cc1. The Morgan fingerprint density at radius 3 is 2.45 bits per heavy atom. The van der Waals surface area contributed by atoms with Crippen LogP contribution < -0.4 is 4.72 Å². The summed E-state index contributed by atoms with van der Waals surface area (Å²) in [5, 5.41) is 0. The predicted molar refractivity (Wildman–Crippen MR) is 85.1 cm³/mol. The minimum atomic E-state index is -3.18. The van der Waals surface area contributed by atoms with E-state index in [1.165, 1.54) is 11.8 Å². The highest BCUT2D eigenvalue weighted by atomic mass is 32.2. The summed E-state index contributed by atoms with van der Waals surface area (Å²) >= 11 is 0. The number of aryl methyl sites for hydroxylation is 1. The zero-order valence-corrected chi connectivity index (χ0v) is 13.8. The van der Waals surface area contributed by atoms with E-state index in [1.54, 1.807) is 0 Å².